The second-order valence-electron chi connectivity index (χ2n) is 5.46. The maximum atomic E-state index is 12.6. The molecule has 1 aliphatic rings. The van der Waals surface area contributed by atoms with Crippen molar-refractivity contribution in [2.24, 2.45) is 0 Å². The number of piperidine rings is 1. The Kier molecular flexibility index (Phi) is 7.66. The van der Waals surface area contributed by atoms with Crippen LogP contribution >= 0.6 is 12.4 Å². The van der Waals surface area contributed by atoms with Crippen molar-refractivity contribution in [1.82, 2.24) is 15.4 Å². The number of halogens is 4. The number of rotatable bonds is 5. The van der Waals surface area contributed by atoms with Gasteiger partial charge in [-0.3, -0.25) is 4.79 Å². The lowest BCUT2D eigenvalue weighted by Gasteiger charge is -2.23. The molecule has 1 heterocycles. The first-order valence-electron chi connectivity index (χ1n) is 7.35. The highest BCUT2D eigenvalue weighted by molar-refractivity contribution is 7.89. The smallest absolute Gasteiger partial charge is 0.351 e. The normalized spacial score (nSPS) is 18.3. The van der Waals surface area contributed by atoms with Gasteiger partial charge in [0.25, 0.3) is 0 Å². The van der Waals surface area contributed by atoms with Crippen LogP contribution < -0.4 is 15.4 Å². The fourth-order valence-corrected chi connectivity index (χ4v) is 3.36. The lowest BCUT2D eigenvalue weighted by molar-refractivity contribution is -0.137. The van der Waals surface area contributed by atoms with E-state index in [1.807, 2.05) is 4.72 Å². The number of hydrogen-bond donors (Lipinski definition) is 3. The van der Waals surface area contributed by atoms with E-state index >= 15 is 0 Å². The quantitative estimate of drug-likeness (QED) is 0.693. The van der Waals surface area contributed by atoms with Crippen LogP contribution in [0.3, 0.4) is 0 Å². The van der Waals surface area contributed by atoms with Crippen LogP contribution in [0.2, 0.25) is 0 Å². The number of carbonyl (C=O) groups is 1. The molecule has 1 aliphatic heterocycles. The van der Waals surface area contributed by atoms with Crippen LogP contribution in [0.1, 0.15) is 18.4 Å². The Morgan fingerprint density at radius 2 is 2.04 bits per heavy atom. The Morgan fingerprint density at radius 1 is 1.32 bits per heavy atom. The summed E-state index contributed by atoms with van der Waals surface area (Å²) in [6.07, 6.45) is -2.95. The van der Waals surface area contributed by atoms with Gasteiger partial charge in [0.05, 0.1) is 17.0 Å². The van der Waals surface area contributed by atoms with E-state index in [1.54, 1.807) is 0 Å². The number of alkyl halides is 3. The van der Waals surface area contributed by atoms with Crippen molar-refractivity contribution in [2.75, 3.05) is 19.6 Å². The first-order valence-corrected chi connectivity index (χ1v) is 8.84. The molecule has 1 aromatic rings. The highest BCUT2D eigenvalue weighted by Crippen LogP contribution is 2.30. The number of amides is 1. The van der Waals surface area contributed by atoms with Crippen molar-refractivity contribution in [3.63, 3.8) is 0 Å². The van der Waals surface area contributed by atoms with Gasteiger partial charge in [-0.1, -0.05) is 6.07 Å². The second-order valence-corrected chi connectivity index (χ2v) is 7.23. The Bertz CT molecular complexity index is 692. The molecule has 1 amide bonds. The Hall–Kier alpha value is -1.36. The molecule has 2 rings (SSSR count). The molecular weight excluding hydrogens is 383 g/mol. The van der Waals surface area contributed by atoms with Crippen molar-refractivity contribution in [1.29, 1.82) is 0 Å². The topological polar surface area (TPSA) is 87.3 Å². The van der Waals surface area contributed by atoms with Crippen molar-refractivity contribution < 1.29 is 26.4 Å². The van der Waals surface area contributed by atoms with Crippen molar-refractivity contribution in [3.8, 4) is 0 Å². The molecule has 1 aromatic carbocycles. The van der Waals surface area contributed by atoms with Crippen LogP contribution in [-0.2, 0) is 21.0 Å². The van der Waals surface area contributed by atoms with Crippen molar-refractivity contribution in [2.45, 2.75) is 30.0 Å². The summed E-state index contributed by atoms with van der Waals surface area (Å²) in [7, 11) is -4.21. The fraction of sp³-hybridized carbons (Fsp3) is 0.500. The van der Waals surface area contributed by atoms with Crippen molar-refractivity contribution in [3.05, 3.63) is 29.8 Å². The van der Waals surface area contributed by atoms with Crippen molar-refractivity contribution >= 4 is 28.3 Å². The summed E-state index contributed by atoms with van der Waals surface area (Å²) in [6.45, 7) is 0.940. The molecule has 0 spiro atoms. The second kappa shape index (κ2) is 8.84. The van der Waals surface area contributed by atoms with Gasteiger partial charge in [-0.05, 0) is 37.6 Å². The third-order valence-electron chi connectivity index (χ3n) is 3.56. The number of benzene rings is 1. The average molecular weight is 402 g/mol. The maximum Gasteiger partial charge on any atom is 0.416 e. The van der Waals surface area contributed by atoms with E-state index in [0.29, 0.717) is 12.6 Å². The van der Waals surface area contributed by atoms with Gasteiger partial charge in [-0.15, -0.1) is 12.4 Å². The van der Waals surface area contributed by atoms with Crippen LogP contribution in [-0.4, -0.2) is 40.0 Å². The molecule has 142 valence electrons. The predicted molar refractivity (Wildman–Crippen MR) is 87.9 cm³/mol. The Morgan fingerprint density at radius 3 is 2.64 bits per heavy atom. The summed E-state index contributed by atoms with van der Waals surface area (Å²) < 4.78 is 64.0. The molecule has 0 unspecified atom stereocenters. The molecule has 6 nitrogen and oxygen atoms in total. The van der Waals surface area contributed by atoms with Crippen LogP contribution in [0.4, 0.5) is 13.2 Å². The van der Waals surface area contributed by atoms with E-state index in [2.05, 4.69) is 10.6 Å². The molecule has 1 saturated heterocycles. The minimum Gasteiger partial charge on any atom is -0.351 e. The summed E-state index contributed by atoms with van der Waals surface area (Å²) in [5.41, 5.74) is -1.07. The maximum absolute atomic E-state index is 12.6. The van der Waals surface area contributed by atoms with Gasteiger partial charge in [0.2, 0.25) is 15.9 Å². The van der Waals surface area contributed by atoms with Crippen LogP contribution in [0.15, 0.2) is 29.2 Å². The summed E-state index contributed by atoms with van der Waals surface area (Å²) in [5, 5.41) is 5.77. The third kappa shape index (κ3) is 6.46. The zero-order valence-electron chi connectivity index (χ0n) is 13.1. The van der Waals surface area contributed by atoms with Crippen LogP contribution in [0, 0.1) is 0 Å². The Labute approximate surface area is 150 Å². The van der Waals surface area contributed by atoms with Gasteiger partial charge in [0.15, 0.2) is 0 Å². The summed E-state index contributed by atoms with van der Waals surface area (Å²) >= 11 is 0. The predicted octanol–water partition coefficient (Wildman–Crippen LogP) is 1.27. The highest BCUT2D eigenvalue weighted by atomic mass is 35.5. The Balaban J connectivity index is 0.00000312. The van der Waals surface area contributed by atoms with E-state index in [1.165, 1.54) is 0 Å². The van der Waals surface area contributed by atoms with Gasteiger partial charge in [-0.2, -0.15) is 13.2 Å². The molecule has 11 heteroatoms. The molecule has 0 aromatic heterocycles. The largest absolute Gasteiger partial charge is 0.416 e. The minimum absolute atomic E-state index is 0. The molecule has 0 radical (unpaired) electrons. The number of sulfonamides is 1. The van der Waals surface area contributed by atoms with Gasteiger partial charge < -0.3 is 10.6 Å². The van der Waals surface area contributed by atoms with Crippen LogP contribution in [0.5, 0.6) is 0 Å². The van der Waals surface area contributed by atoms with Crippen LogP contribution in [0.25, 0.3) is 0 Å². The van der Waals surface area contributed by atoms with Gasteiger partial charge in [-0.25, -0.2) is 13.1 Å². The lowest BCUT2D eigenvalue weighted by Crippen LogP contribution is -2.48. The molecule has 25 heavy (non-hydrogen) atoms. The number of carbonyl (C=O) groups excluding carboxylic acids is 1. The molecule has 0 aliphatic carbocycles. The average Bonchev–Trinajstić information content (AvgIpc) is 2.53. The lowest BCUT2D eigenvalue weighted by atomic mass is 10.1. The van der Waals surface area contributed by atoms with E-state index in [0.717, 1.165) is 37.6 Å². The molecule has 0 bridgehead atoms. The molecule has 3 N–H and O–H groups in total. The number of hydrogen-bond acceptors (Lipinski definition) is 4. The van der Waals surface area contributed by atoms with Gasteiger partial charge >= 0.3 is 6.18 Å². The first-order chi connectivity index (χ1) is 11.2. The molecule has 1 fully saturated rings. The first kappa shape index (κ1) is 21.7. The molecular formula is C14H19ClF3N3O3S. The van der Waals surface area contributed by atoms with Gasteiger partial charge in [0.1, 0.15) is 0 Å². The third-order valence-corrected chi connectivity index (χ3v) is 4.96. The van der Waals surface area contributed by atoms with E-state index in [4.69, 9.17) is 0 Å². The monoisotopic (exact) mass is 401 g/mol. The summed E-state index contributed by atoms with van der Waals surface area (Å²) in [6, 6.07) is 3.28. The SMILES string of the molecule is Cl.O=C(CNS(=O)(=O)c1cccc(C(F)(F)F)c1)N[C@H]1CCCNC1. The highest BCUT2D eigenvalue weighted by Gasteiger charge is 2.31. The fourth-order valence-electron chi connectivity index (χ4n) is 2.34. The number of nitrogens with one attached hydrogen (secondary N) is 3. The zero-order valence-corrected chi connectivity index (χ0v) is 14.7. The van der Waals surface area contributed by atoms with E-state index < -0.39 is 39.1 Å². The standard InChI is InChI=1S/C14H18F3N3O3S.ClH/c15-14(16,17)10-3-1-5-12(7-10)24(22,23)19-9-13(21)20-11-4-2-6-18-8-11;/h1,3,5,7,11,18-19H,2,4,6,8-9H2,(H,20,21);1H/t11-;/m0./s1. The summed E-state index contributed by atoms with van der Waals surface area (Å²) in [5.74, 6) is -0.528. The minimum atomic E-state index is -4.64. The van der Waals surface area contributed by atoms with Gasteiger partial charge in [0, 0.05) is 12.6 Å². The van der Waals surface area contributed by atoms with E-state index in [-0.39, 0.29) is 18.4 Å². The summed E-state index contributed by atoms with van der Waals surface area (Å²) in [4.78, 5) is 11.2. The van der Waals surface area contributed by atoms with E-state index in [9.17, 15) is 26.4 Å². The molecule has 1 atom stereocenters. The zero-order chi connectivity index (χ0) is 17.8. The molecule has 0 saturated carbocycles.